The number of benzene rings is 3. The second-order valence-corrected chi connectivity index (χ2v) is 9.06. The van der Waals surface area contributed by atoms with Crippen LogP contribution in [0.2, 0.25) is 0 Å². The number of hydrogen-bond acceptors (Lipinski definition) is 4. The highest BCUT2D eigenvalue weighted by molar-refractivity contribution is 5.94. The maximum Gasteiger partial charge on any atom is 0.408 e. The summed E-state index contributed by atoms with van der Waals surface area (Å²) in [7, 11) is 0. The fraction of sp³-hybridized carbons (Fsp3) is 0.276. The fourth-order valence-corrected chi connectivity index (χ4v) is 3.81. The van der Waals surface area contributed by atoms with E-state index in [1.165, 1.54) is 0 Å². The van der Waals surface area contributed by atoms with E-state index in [2.05, 4.69) is 16.0 Å². The lowest BCUT2D eigenvalue weighted by Gasteiger charge is -2.22. The smallest absolute Gasteiger partial charge is 0.408 e. The van der Waals surface area contributed by atoms with Crippen molar-refractivity contribution in [1.82, 2.24) is 10.6 Å². The Morgan fingerprint density at radius 3 is 2.06 bits per heavy atom. The van der Waals surface area contributed by atoms with E-state index in [1.807, 2.05) is 91.9 Å². The van der Waals surface area contributed by atoms with Crippen molar-refractivity contribution in [3.63, 3.8) is 0 Å². The van der Waals surface area contributed by atoms with Crippen LogP contribution in [0, 0.1) is 5.92 Å². The van der Waals surface area contributed by atoms with Crippen molar-refractivity contribution in [2.45, 2.75) is 44.9 Å². The number of carbonyl (C=O) groups is 3. The van der Waals surface area contributed by atoms with Gasteiger partial charge in [-0.1, -0.05) is 72.8 Å². The Balaban J connectivity index is 1.36. The minimum absolute atomic E-state index is 0.0538. The highest BCUT2D eigenvalue weighted by atomic mass is 16.5. The lowest BCUT2D eigenvalue weighted by atomic mass is 10.0. The Labute approximate surface area is 211 Å². The van der Waals surface area contributed by atoms with Gasteiger partial charge in [-0.3, -0.25) is 9.59 Å². The Morgan fingerprint density at radius 1 is 0.833 bits per heavy atom. The molecule has 2 atom stereocenters. The van der Waals surface area contributed by atoms with Crippen molar-refractivity contribution in [2.75, 3.05) is 5.32 Å². The number of nitrogens with one attached hydrogen (secondary N) is 3. The Hall–Kier alpha value is -4.13. The topological polar surface area (TPSA) is 96.5 Å². The molecule has 0 bridgehead atoms. The van der Waals surface area contributed by atoms with Crippen LogP contribution in [0.15, 0.2) is 84.9 Å². The van der Waals surface area contributed by atoms with E-state index in [9.17, 15) is 14.4 Å². The summed E-state index contributed by atoms with van der Waals surface area (Å²) in [5.74, 6) is -0.122. The third-order valence-electron chi connectivity index (χ3n) is 6.09. The number of alkyl carbamates (subject to hydrolysis) is 1. The molecule has 0 spiro atoms. The van der Waals surface area contributed by atoms with Crippen LogP contribution >= 0.6 is 0 Å². The predicted octanol–water partition coefficient (Wildman–Crippen LogP) is 4.75. The van der Waals surface area contributed by atoms with E-state index in [4.69, 9.17) is 4.74 Å². The molecule has 1 saturated carbocycles. The van der Waals surface area contributed by atoms with Crippen LogP contribution in [0.5, 0.6) is 0 Å². The van der Waals surface area contributed by atoms with Crippen LogP contribution in [0.1, 0.15) is 42.5 Å². The van der Waals surface area contributed by atoms with Crippen LogP contribution in [-0.4, -0.2) is 23.9 Å². The van der Waals surface area contributed by atoms with Gasteiger partial charge >= 0.3 is 6.09 Å². The monoisotopic (exact) mass is 485 g/mol. The van der Waals surface area contributed by atoms with Crippen molar-refractivity contribution < 1.29 is 19.1 Å². The largest absolute Gasteiger partial charge is 0.445 e. The molecule has 3 aromatic rings. The summed E-state index contributed by atoms with van der Waals surface area (Å²) in [6, 6.07) is 25.2. The summed E-state index contributed by atoms with van der Waals surface area (Å²) in [5.41, 5.74) is 3.41. The van der Waals surface area contributed by atoms with Gasteiger partial charge in [-0.05, 0) is 48.6 Å². The maximum atomic E-state index is 13.2. The summed E-state index contributed by atoms with van der Waals surface area (Å²) in [4.78, 5) is 37.7. The van der Waals surface area contributed by atoms with E-state index in [1.54, 1.807) is 0 Å². The Bertz CT molecular complexity index is 1160. The van der Waals surface area contributed by atoms with Crippen molar-refractivity contribution in [3.05, 3.63) is 102 Å². The second kappa shape index (κ2) is 12.0. The summed E-state index contributed by atoms with van der Waals surface area (Å²) in [6.45, 7) is 2.00. The first-order valence-electron chi connectivity index (χ1n) is 12.2. The van der Waals surface area contributed by atoms with Crippen molar-refractivity contribution in [1.29, 1.82) is 0 Å². The predicted molar refractivity (Wildman–Crippen MR) is 138 cm³/mol. The number of carbonyl (C=O) groups excluding carboxylic acids is 3. The minimum Gasteiger partial charge on any atom is -0.445 e. The third kappa shape index (κ3) is 7.43. The molecule has 0 radical (unpaired) electrons. The zero-order valence-electron chi connectivity index (χ0n) is 20.3. The molecule has 2 unspecified atom stereocenters. The lowest BCUT2D eigenvalue weighted by Crippen LogP contribution is -2.48. The van der Waals surface area contributed by atoms with Gasteiger partial charge in [-0.2, -0.15) is 0 Å². The van der Waals surface area contributed by atoms with E-state index in [-0.39, 0.29) is 30.4 Å². The van der Waals surface area contributed by atoms with Gasteiger partial charge in [0.1, 0.15) is 12.6 Å². The normalized spacial score (nSPS) is 14.2. The van der Waals surface area contributed by atoms with Crippen LogP contribution in [0.25, 0.3) is 0 Å². The van der Waals surface area contributed by atoms with Gasteiger partial charge in [0, 0.05) is 18.0 Å². The standard InChI is InChI=1S/C29H31N3O4/c1-20(23-14-16-25(17-15-23)31-27(33)24-12-13-24)30-28(34)26(18-21-8-4-2-5-9-21)32-29(35)36-19-22-10-6-3-7-11-22/h2-11,14-17,20,24,26H,12-13,18-19H2,1H3,(H,30,34)(H,31,33)(H,32,35). The molecule has 3 amide bonds. The Morgan fingerprint density at radius 2 is 1.44 bits per heavy atom. The summed E-state index contributed by atoms with van der Waals surface area (Å²) in [6.07, 6.45) is 1.57. The number of rotatable bonds is 10. The van der Waals surface area contributed by atoms with Crippen molar-refractivity contribution >= 4 is 23.6 Å². The first kappa shape index (κ1) is 25.0. The highest BCUT2D eigenvalue weighted by Gasteiger charge is 2.29. The summed E-state index contributed by atoms with van der Waals surface area (Å²) < 4.78 is 5.34. The minimum atomic E-state index is -0.810. The number of amides is 3. The average molecular weight is 486 g/mol. The molecule has 0 aliphatic heterocycles. The van der Waals surface area contributed by atoms with Gasteiger partial charge in [0.25, 0.3) is 0 Å². The number of anilines is 1. The van der Waals surface area contributed by atoms with E-state index < -0.39 is 12.1 Å². The van der Waals surface area contributed by atoms with E-state index >= 15 is 0 Å². The van der Waals surface area contributed by atoms with Crippen LogP contribution in [0.4, 0.5) is 10.5 Å². The molecule has 7 nitrogen and oxygen atoms in total. The van der Waals surface area contributed by atoms with Gasteiger partial charge in [-0.25, -0.2) is 4.79 Å². The number of ether oxygens (including phenoxy) is 1. The zero-order valence-corrected chi connectivity index (χ0v) is 20.3. The summed E-state index contributed by atoms with van der Waals surface area (Å²) >= 11 is 0. The van der Waals surface area contributed by atoms with Crippen LogP contribution in [0.3, 0.4) is 0 Å². The van der Waals surface area contributed by atoms with Gasteiger partial charge in [0.2, 0.25) is 11.8 Å². The molecule has 0 saturated heterocycles. The molecule has 186 valence electrons. The maximum absolute atomic E-state index is 13.2. The SMILES string of the molecule is CC(NC(=O)C(Cc1ccccc1)NC(=O)OCc1ccccc1)c1ccc(NC(=O)C2CC2)cc1. The van der Waals surface area contributed by atoms with E-state index in [0.717, 1.165) is 35.2 Å². The Kier molecular flexibility index (Phi) is 8.34. The van der Waals surface area contributed by atoms with Crippen LogP contribution in [-0.2, 0) is 27.4 Å². The van der Waals surface area contributed by atoms with Crippen LogP contribution < -0.4 is 16.0 Å². The van der Waals surface area contributed by atoms with Gasteiger partial charge in [0.15, 0.2) is 0 Å². The summed E-state index contributed by atoms with van der Waals surface area (Å²) in [5, 5.41) is 8.62. The van der Waals surface area contributed by atoms with Gasteiger partial charge < -0.3 is 20.7 Å². The third-order valence-corrected chi connectivity index (χ3v) is 6.09. The molecule has 1 fully saturated rings. The van der Waals surface area contributed by atoms with Gasteiger partial charge in [-0.15, -0.1) is 0 Å². The van der Waals surface area contributed by atoms with Crippen molar-refractivity contribution in [2.24, 2.45) is 5.92 Å². The molecular weight excluding hydrogens is 454 g/mol. The fourth-order valence-electron chi connectivity index (χ4n) is 3.81. The molecule has 3 aromatic carbocycles. The molecule has 1 aliphatic carbocycles. The highest BCUT2D eigenvalue weighted by Crippen LogP contribution is 2.30. The zero-order chi connectivity index (χ0) is 25.3. The molecule has 4 rings (SSSR count). The quantitative estimate of drug-likeness (QED) is 0.386. The van der Waals surface area contributed by atoms with Gasteiger partial charge in [0.05, 0.1) is 6.04 Å². The average Bonchev–Trinajstić information content (AvgIpc) is 3.75. The molecule has 0 aromatic heterocycles. The number of hydrogen-bond donors (Lipinski definition) is 3. The molecule has 1 aliphatic rings. The second-order valence-electron chi connectivity index (χ2n) is 9.06. The molecule has 3 N–H and O–H groups in total. The first-order valence-corrected chi connectivity index (χ1v) is 12.2. The molecule has 7 heteroatoms. The molecule has 36 heavy (non-hydrogen) atoms. The first-order chi connectivity index (χ1) is 17.5. The lowest BCUT2D eigenvalue weighted by molar-refractivity contribution is -0.123. The molecular formula is C29H31N3O4. The van der Waals surface area contributed by atoms with Crippen molar-refractivity contribution in [3.8, 4) is 0 Å². The molecule has 0 heterocycles. The van der Waals surface area contributed by atoms with E-state index in [0.29, 0.717) is 6.42 Å².